The molecule has 1 aliphatic rings. The number of hydrogen-bond acceptors (Lipinski definition) is 4. The highest BCUT2D eigenvalue weighted by atomic mass is 16.5. The van der Waals surface area contributed by atoms with E-state index in [1.54, 1.807) is 4.90 Å². The van der Waals surface area contributed by atoms with E-state index in [-0.39, 0.29) is 12.5 Å². The summed E-state index contributed by atoms with van der Waals surface area (Å²) in [7, 11) is 1.37. The van der Waals surface area contributed by atoms with Crippen LogP contribution in [0.4, 0.5) is 0 Å². The van der Waals surface area contributed by atoms with Crippen molar-refractivity contribution in [2.24, 2.45) is 0 Å². The van der Waals surface area contributed by atoms with Gasteiger partial charge in [-0.25, -0.2) is 4.79 Å². The maximum atomic E-state index is 12.1. The fourth-order valence-corrected chi connectivity index (χ4v) is 2.51. The summed E-state index contributed by atoms with van der Waals surface area (Å²) in [6.45, 7) is 0.980. The van der Waals surface area contributed by atoms with Crippen LogP contribution < -0.4 is 4.74 Å². The minimum absolute atomic E-state index is 0.0585. The molecule has 0 spiro atoms. The van der Waals surface area contributed by atoms with Crippen molar-refractivity contribution in [3.05, 3.63) is 30.3 Å². The summed E-state index contributed by atoms with van der Waals surface area (Å²) < 4.78 is 10.6. The van der Waals surface area contributed by atoms with Gasteiger partial charge in [-0.3, -0.25) is 4.79 Å². The summed E-state index contributed by atoms with van der Waals surface area (Å²) >= 11 is 0. The Morgan fingerprint density at radius 2 is 2.05 bits per heavy atom. The second kappa shape index (κ2) is 7.26. The number of benzene rings is 1. The van der Waals surface area contributed by atoms with Gasteiger partial charge in [-0.1, -0.05) is 18.2 Å². The number of carbonyl (C=O) groups excluding carboxylic acids is 1. The van der Waals surface area contributed by atoms with Gasteiger partial charge in [0.2, 0.25) is 5.91 Å². The molecule has 6 nitrogen and oxygen atoms in total. The Bertz CT molecular complexity index is 519. The zero-order valence-electron chi connectivity index (χ0n) is 12.7. The van der Waals surface area contributed by atoms with Crippen LogP contribution in [0.3, 0.4) is 0 Å². The summed E-state index contributed by atoms with van der Waals surface area (Å²) in [6.07, 6.45) is 1.26. The van der Waals surface area contributed by atoms with Gasteiger partial charge in [-0.05, 0) is 18.6 Å². The quantitative estimate of drug-likeness (QED) is 0.773. The molecule has 0 saturated carbocycles. The topological polar surface area (TPSA) is 76.1 Å². The molecule has 1 aromatic rings. The predicted molar refractivity (Wildman–Crippen MR) is 79.7 cm³/mol. The normalized spacial score (nSPS) is 20.9. The first-order valence-corrected chi connectivity index (χ1v) is 7.31. The highest BCUT2D eigenvalue weighted by Gasteiger charge is 2.46. The smallest absolute Gasteiger partial charge is 0.337 e. The lowest BCUT2D eigenvalue weighted by atomic mass is 10.0. The van der Waals surface area contributed by atoms with Crippen molar-refractivity contribution in [1.29, 1.82) is 0 Å². The maximum Gasteiger partial charge on any atom is 0.337 e. The molecule has 0 radical (unpaired) electrons. The number of likely N-dealkylation sites (tertiary alicyclic amines) is 1. The van der Waals surface area contributed by atoms with E-state index in [0.717, 1.165) is 5.75 Å². The second-order valence-electron chi connectivity index (χ2n) is 5.33. The lowest BCUT2D eigenvalue weighted by Crippen LogP contribution is -2.44. The number of ether oxygens (including phenoxy) is 2. The molecule has 1 aromatic carbocycles. The number of para-hydroxylation sites is 1. The average molecular weight is 307 g/mol. The molecule has 1 fully saturated rings. The van der Waals surface area contributed by atoms with Gasteiger partial charge < -0.3 is 19.5 Å². The molecule has 1 heterocycles. The zero-order valence-corrected chi connectivity index (χ0v) is 12.7. The van der Waals surface area contributed by atoms with Gasteiger partial charge in [0.1, 0.15) is 5.75 Å². The van der Waals surface area contributed by atoms with Gasteiger partial charge in [0.05, 0.1) is 13.2 Å². The Labute approximate surface area is 129 Å². The van der Waals surface area contributed by atoms with Crippen molar-refractivity contribution in [3.8, 4) is 5.75 Å². The summed E-state index contributed by atoms with van der Waals surface area (Å²) in [5.74, 6) is -0.296. The van der Waals surface area contributed by atoms with E-state index in [4.69, 9.17) is 9.47 Å². The Hall–Kier alpha value is -2.08. The highest BCUT2D eigenvalue weighted by Crippen LogP contribution is 2.25. The van der Waals surface area contributed by atoms with E-state index in [0.29, 0.717) is 32.4 Å². The predicted octanol–water partition coefficient (Wildman–Crippen LogP) is 1.55. The molecule has 22 heavy (non-hydrogen) atoms. The number of carboxylic acids is 1. The number of nitrogens with zero attached hydrogens (tertiary/aromatic N) is 1. The third-order valence-electron chi connectivity index (χ3n) is 3.91. The van der Waals surface area contributed by atoms with Crippen LogP contribution >= 0.6 is 0 Å². The summed E-state index contributed by atoms with van der Waals surface area (Å²) in [5.41, 5.74) is -1.25. The number of carbonyl (C=O) groups is 2. The van der Waals surface area contributed by atoms with Crippen molar-refractivity contribution in [2.75, 3.05) is 26.8 Å². The SMILES string of the molecule is COC1(C(=O)O)CCN(C(=O)CCCOc2ccccc2)C1. The van der Waals surface area contributed by atoms with Crippen LogP contribution in [0.1, 0.15) is 19.3 Å². The highest BCUT2D eigenvalue weighted by molar-refractivity contribution is 5.82. The average Bonchev–Trinajstić information content (AvgIpc) is 2.98. The molecule has 1 atom stereocenters. The van der Waals surface area contributed by atoms with Crippen LogP contribution in [0.25, 0.3) is 0 Å². The molecular formula is C16H21NO5. The van der Waals surface area contributed by atoms with Crippen LogP contribution in [0.15, 0.2) is 30.3 Å². The second-order valence-corrected chi connectivity index (χ2v) is 5.33. The zero-order chi connectivity index (χ0) is 16.0. The molecule has 0 aliphatic carbocycles. The monoisotopic (exact) mass is 307 g/mol. The van der Waals surface area contributed by atoms with Crippen molar-refractivity contribution in [3.63, 3.8) is 0 Å². The Morgan fingerprint density at radius 1 is 1.32 bits per heavy atom. The van der Waals surface area contributed by atoms with Gasteiger partial charge in [0, 0.05) is 26.5 Å². The first-order valence-electron chi connectivity index (χ1n) is 7.31. The lowest BCUT2D eigenvalue weighted by molar-refractivity contribution is -0.161. The standard InChI is InChI=1S/C16H21NO5/c1-21-16(15(19)20)9-10-17(12-16)14(18)8-5-11-22-13-6-3-2-4-7-13/h2-4,6-7H,5,8-12H2,1H3,(H,19,20). The summed E-state index contributed by atoms with van der Waals surface area (Å²) in [4.78, 5) is 24.9. The van der Waals surface area contributed by atoms with Crippen molar-refractivity contribution < 1.29 is 24.2 Å². The van der Waals surface area contributed by atoms with E-state index < -0.39 is 11.6 Å². The van der Waals surface area contributed by atoms with Crippen LogP contribution in [0.5, 0.6) is 5.75 Å². The molecule has 2 rings (SSSR count). The van der Waals surface area contributed by atoms with Gasteiger partial charge in [-0.15, -0.1) is 0 Å². The molecule has 6 heteroatoms. The Balaban J connectivity index is 1.73. The van der Waals surface area contributed by atoms with Gasteiger partial charge in [0.15, 0.2) is 5.60 Å². The number of hydrogen-bond donors (Lipinski definition) is 1. The number of aliphatic carboxylic acids is 1. The van der Waals surface area contributed by atoms with Gasteiger partial charge in [-0.2, -0.15) is 0 Å². The molecule has 1 aliphatic heterocycles. The van der Waals surface area contributed by atoms with Gasteiger partial charge in [0.25, 0.3) is 0 Å². The number of carboxylic acid groups (broad SMARTS) is 1. The van der Waals surface area contributed by atoms with Crippen molar-refractivity contribution in [2.45, 2.75) is 24.9 Å². The minimum atomic E-state index is -1.25. The number of methoxy groups -OCH3 is 1. The number of amides is 1. The van der Waals surface area contributed by atoms with E-state index in [2.05, 4.69) is 0 Å². The summed E-state index contributed by atoms with van der Waals surface area (Å²) in [6, 6.07) is 9.42. The first kappa shape index (κ1) is 16.3. The minimum Gasteiger partial charge on any atom is -0.494 e. The van der Waals surface area contributed by atoms with E-state index in [1.165, 1.54) is 7.11 Å². The molecule has 0 aromatic heterocycles. The molecular weight excluding hydrogens is 286 g/mol. The van der Waals surface area contributed by atoms with E-state index in [9.17, 15) is 14.7 Å². The third-order valence-corrected chi connectivity index (χ3v) is 3.91. The third kappa shape index (κ3) is 3.76. The van der Waals surface area contributed by atoms with E-state index >= 15 is 0 Å². The fourth-order valence-electron chi connectivity index (χ4n) is 2.51. The number of rotatable bonds is 7. The van der Waals surface area contributed by atoms with Crippen LogP contribution in [-0.2, 0) is 14.3 Å². The van der Waals surface area contributed by atoms with Crippen molar-refractivity contribution in [1.82, 2.24) is 4.90 Å². The Kier molecular flexibility index (Phi) is 5.38. The van der Waals surface area contributed by atoms with Gasteiger partial charge >= 0.3 is 5.97 Å². The van der Waals surface area contributed by atoms with Crippen LogP contribution in [0.2, 0.25) is 0 Å². The van der Waals surface area contributed by atoms with Crippen LogP contribution in [0, 0.1) is 0 Å². The largest absolute Gasteiger partial charge is 0.494 e. The lowest BCUT2D eigenvalue weighted by Gasteiger charge is -2.23. The molecule has 1 amide bonds. The molecule has 1 unspecified atom stereocenters. The fraction of sp³-hybridized carbons (Fsp3) is 0.500. The molecule has 120 valence electrons. The Morgan fingerprint density at radius 3 is 2.64 bits per heavy atom. The van der Waals surface area contributed by atoms with Crippen LogP contribution in [-0.4, -0.2) is 54.3 Å². The maximum absolute atomic E-state index is 12.1. The van der Waals surface area contributed by atoms with Crippen molar-refractivity contribution >= 4 is 11.9 Å². The summed E-state index contributed by atoms with van der Waals surface area (Å²) in [5, 5.41) is 9.22. The first-order chi connectivity index (χ1) is 10.6. The van der Waals surface area contributed by atoms with E-state index in [1.807, 2.05) is 30.3 Å². The molecule has 1 N–H and O–H groups in total. The molecule has 0 bridgehead atoms. The molecule has 1 saturated heterocycles.